The fraction of sp³-hybridized carbons (Fsp3) is 0.810. The van der Waals surface area contributed by atoms with Crippen molar-refractivity contribution >= 4 is 19.3 Å². The molecule has 6 nitrogen and oxygen atoms in total. The highest BCUT2D eigenvalue weighted by Gasteiger charge is 2.48. The van der Waals surface area contributed by atoms with E-state index >= 15 is 0 Å². The van der Waals surface area contributed by atoms with Crippen LogP contribution in [0.25, 0.3) is 0 Å². The van der Waals surface area contributed by atoms with E-state index in [2.05, 4.69) is 38.6 Å². The number of rotatable bonds is 7. The highest BCUT2D eigenvalue weighted by molar-refractivity contribution is 7.84. The van der Waals surface area contributed by atoms with E-state index in [1.54, 1.807) is 6.26 Å². The van der Waals surface area contributed by atoms with Gasteiger partial charge in [0, 0.05) is 0 Å². The molecule has 168 valence electrons. The largest absolute Gasteiger partial charge is 0.468 e. The van der Waals surface area contributed by atoms with Gasteiger partial charge in [-0.05, 0) is 64.9 Å². The van der Waals surface area contributed by atoms with Gasteiger partial charge in [0.25, 0.3) is 0 Å². The van der Waals surface area contributed by atoms with Crippen molar-refractivity contribution in [1.29, 1.82) is 0 Å². The standard InChI is InChI=1S/C21H39NO5SSi/c1-19(2,3)28(23)22-17(15-12-11-13-24-15)18(16-14-25-21(7,8)26-16)27-29(9,10)20(4,5)6/h11-13,16-18,22H,14H2,1-10H3/t16-,17-,18+,28?/m0/s1. The first-order valence-corrected chi connectivity index (χ1v) is 14.3. The van der Waals surface area contributed by atoms with E-state index in [0.29, 0.717) is 12.4 Å². The molecule has 1 aromatic rings. The number of hydrogen-bond donors (Lipinski definition) is 1. The first-order chi connectivity index (χ1) is 13.0. The molecule has 0 bridgehead atoms. The van der Waals surface area contributed by atoms with Crippen LogP contribution in [-0.4, -0.2) is 41.9 Å². The molecule has 0 saturated carbocycles. The van der Waals surface area contributed by atoms with Gasteiger partial charge in [-0.1, -0.05) is 20.8 Å². The Morgan fingerprint density at radius 2 is 1.86 bits per heavy atom. The summed E-state index contributed by atoms with van der Waals surface area (Å²) in [6.07, 6.45) is 0.914. The third-order valence-corrected chi connectivity index (χ3v) is 11.7. The van der Waals surface area contributed by atoms with Gasteiger partial charge in [0.05, 0.1) is 34.7 Å². The van der Waals surface area contributed by atoms with Gasteiger partial charge in [0.1, 0.15) is 17.9 Å². The molecular weight excluding hydrogens is 406 g/mol. The normalized spacial score (nSPS) is 23.7. The first-order valence-electron chi connectivity index (χ1n) is 10.2. The third kappa shape index (κ3) is 6.24. The molecule has 1 aromatic heterocycles. The molecule has 1 fully saturated rings. The summed E-state index contributed by atoms with van der Waals surface area (Å²) in [5.74, 6) is -0.00373. The maximum Gasteiger partial charge on any atom is 0.192 e. The molecule has 0 radical (unpaired) electrons. The number of hydrogen-bond acceptors (Lipinski definition) is 5. The van der Waals surface area contributed by atoms with Gasteiger partial charge in [-0.25, -0.2) is 8.93 Å². The molecule has 8 heteroatoms. The SMILES string of the molecule is CC1(C)OC[C@@H]([C@@H](O[Si](C)(C)C(C)(C)C)[C@@H](NS(=O)C(C)(C)C)c2ccco2)O1. The summed E-state index contributed by atoms with van der Waals surface area (Å²) in [6, 6.07) is 3.30. The van der Waals surface area contributed by atoms with Crippen molar-refractivity contribution < 1.29 is 22.5 Å². The maximum absolute atomic E-state index is 13.0. The molecule has 1 saturated heterocycles. The lowest BCUT2D eigenvalue weighted by Gasteiger charge is -2.43. The van der Waals surface area contributed by atoms with Gasteiger partial charge in [-0.3, -0.25) is 0 Å². The van der Waals surface area contributed by atoms with Gasteiger partial charge in [-0.15, -0.1) is 0 Å². The van der Waals surface area contributed by atoms with Crippen LogP contribution in [0.3, 0.4) is 0 Å². The fourth-order valence-corrected chi connectivity index (χ4v) is 4.96. The minimum absolute atomic E-state index is 0.0110. The van der Waals surface area contributed by atoms with Crippen LogP contribution in [0.5, 0.6) is 0 Å². The number of furan rings is 1. The van der Waals surface area contributed by atoms with E-state index in [0.717, 1.165) is 0 Å². The predicted molar refractivity (Wildman–Crippen MR) is 119 cm³/mol. The fourth-order valence-electron chi connectivity index (χ4n) is 2.80. The van der Waals surface area contributed by atoms with Crippen LogP contribution in [0.15, 0.2) is 22.8 Å². The molecule has 4 atom stereocenters. The zero-order valence-corrected chi connectivity index (χ0v) is 21.4. The minimum Gasteiger partial charge on any atom is -0.468 e. The maximum atomic E-state index is 13.0. The third-order valence-electron chi connectivity index (χ3n) is 5.60. The Balaban J connectivity index is 2.45. The number of ether oxygens (including phenoxy) is 2. The Morgan fingerprint density at radius 1 is 1.24 bits per heavy atom. The molecule has 29 heavy (non-hydrogen) atoms. The highest BCUT2D eigenvalue weighted by atomic mass is 32.2. The van der Waals surface area contributed by atoms with E-state index in [-0.39, 0.29) is 11.1 Å². The molecule has 2 rings (SSSR count). The van der Waals surface area contributed by atoms with Crippen molar-refractivity contribution in [3.05, 3.63) is 24.2 Å². The first kappa shape index (κ1) is 24.8. The second-order valence-corrected chi connectivity index (χ2v) is 17.5. The number of nitrogens with one attached hydrogen (secondary N) is 1. The monoisotopic (exact) mass is 445 g/mol. The van der Waals surface area contributed by atoms with E-state index in [4.69, 9.17) is 18.3 Å². The average molecular weight is 446 g/mol. The van der Waals surface area contributed by atoms with Crippen molar-refractivity contribution in [2.45, 2.75) is 102 Å². The Morgan fingerprint density at radius 3 is 2.28 bits per heavy atom. The van der Waals surface area contributed by atoms with Crippen LogP contribution in [-0.2, 0) is 24.9 Å². The van der Waals surface area contributed by atoms with Crippen LogP contribution in [0.1, 0.15) is 67.2 Å². The van der Waals surface area contributed by atoms with Gasteiger partial charge in [0.2, 0.25) is 0 Å². The van der Waals surface area contributed by atoms with E-state index < -0.39 is 42.0 Å². The topological polar surface area (TPSA) is 69.9 Å². The van der Waals surface area contributed by atoms with Gasteiger partial charge in [-0.2, -0.15) is 0 Å². The average Bonchev–Trinajstić information content (AvgIpc) is 3.17. The molecule has 0 aliphatic carbocycles. The van der Waals surface area contributed by atoms with Gasteiger partial charge < -0.3 is 18.3 Å². The van der Waals surface area contributed by atoms with Gasteiger partial charge in [0.15, 0.2) is 14.1 Å². The summed E-state index contributed by atoms with van der Waals surface area (Å²) in [5, 5.41) is 0.0110. The Kier molecular flexibility index (Phi) is 7.30. The quantitative estimate of drug-likeness (QED) is 0.604. The molecule has 1 unspecified atom stereocenters. The van der Waals surface area contributed by atoms with Crippen LogP contribution in [0.4, 0.5) is 0 Å². The van der Waals surface area contributed by atoms with Crippen molar-refractivity contribution in [2.75, 3.05) is 6.61 Å². The van der Waals surface area contributed by atoms with Crippen molar-refractivity contribution in [3.8, 4) is 0 Å². The molecule has 0 aromatic carbocycles. The molecule has 1 aliphatic rings. The van der Waals surface area contributed by atoms with Crippen molar-refractivity contribution in [2.24, 2.45) is 0 Å². The molecule has 1 aliphatic heterocycles. The molecule has 0 spiro atoms. The van der Waals surface area contributed by atoms with Crippen LogP contribution >= 0.6 is 0 Å². The van der Waals surface area contributed by atoms with Crippen molar-refractivity contribution in [3.63, 3.8) is 0 Å². The lowest BCUT2D eigenvalue weighted by molar-refractivity contribution is -0.152. The molecule has 2 heterocycles. The summed E-state index contributed by atoms with van der Waals surface area (Å²) >= 11 is 0. The Bertz CT molecular complexity index is 691. The summed E-state index contributed by atoms with van der Waals surface area (Å²) in [4.78, 5) is 0. The second kappa shape index (κ2) is 8.55. The Hall–Kier alpha value is -0.513. The summed E-state index contributed by atoms with van der Waals surface area (Å²) in [6.45, 7) is 21.1. The minimum atomic E-state index is -2.17. The lowest BCUT2D eigenvalue weighted by atomic mass is 10.0. The summed E-state index contributed by atoms with van der Waals surface area (Å²) in [5.41, 5.74) is 0. The predicted octanol–water partition coefficient (Wildman–Crippen LogP) is 4.91. The molecule has 1 N–H and O–H groups in total. The summed E-state index contributed by atoms with van der Waals surface area (Å²) in [7, 11) is -3.48. The van der Waals surface area contributed by atoms with Crippen LogP contribution < -0.4 is 4.72 Å². The zero-order chi connectivity index (χ0) is 22.3. The van der Waals surface area contributed by atoms with Crippen molar-refractivity contribution in [1.82, 2.24) is 4.72 Å². The second-order valence-electron chi connectivity index (χ2n) is 10.7. The highest BCUT2D eigenvalue weighted by Crippen LogP contribution is 2.41. The van der Waals surface area contributed by atoms with Crippen LogP contribution in [0, 0.1) is 0 Å². The summed E-state index contributed by atoms with van der Waals surface area (Å²) < 4.78 is 40.5. The van der Waals surface area contributed by atoms with E-state index in [1.807, 2.05) is 46.8 Å². The molecular formula is C21H39NO5SSi. The smallest absolute Gasteiger partial charge is 0.192 e. The van der Waals surface area contributed by atoms with E-state index in [9.17, 15) is 4.21 Å². The Labute approximate surface area is 179 Å². The lowest BCUT2D eigenvalue weighted by Crippen LogP contribution is -2.53. The zero-order valence-electron chi connectivity index (χ0n) is 19.6. The van der Waals surface area contributed by atoms with E-state index in [1.165, 1.54) is 0 Å². The molecule has 0 amide bonds. The van der Waals surface area contributed by atoms with Gasteiger partial charge >= 0.3 is 0 Å². The van der Waals surface area contributed by atoms with Crippen LogP contribution in [0.2, 0.25) is 18.1 Å².